The first-order valence-electron chi connectivity index (χ1n) is 7.05. The van der Waals surface area contributed by atoms with E-state index in [2.05, 4.69) is 22.6 Å². The molecule has 0 aromatic heterocycles. The molecule has 116 valence electrons. The molecule has 0 spiro atoms. The van der Waals surface area contributed by atoms with E-state index in [4.69, 9.17) is 9.47 Å². The van der Waals surface area contributed by atoms with Gasteiger partial charge in [-0.3, -0.25) is 0 Å². The number of carbonyl (C=O) groups is 1. The minimum atomic E-state index is -0.533. The van der Waals surface area contributed by atoms with Crippen molar-refractivity contribution in [3.8, 4) is 5.75 Å². The minimum Gasteiger partial charge on any atom is -0.488 e. The van der Waals surface area contributed by atoms with E-state index in [9.17, 15) is 4.79 Å². The summed E-state index contributed by atoms with van der Waals surface area (Å²) in [7, 11) is 0. The van der Waals surface area contributed by atoms with Crippen LogP contribution in [-0.2, 0) is 11.3 Å². The molecule has 0 aliphatic carbocycles. The third-order valence-electron chi connectivity index (χ3n) is 2.80. The van der Waals surface area contributed by atoms with Gasteiger partial charge in [0.1, 0.15) is 23.5 Å². The van der Waals surface area contributed by atoms with Gasteiger partial charge in [0, 0.05) is 3.57 Å². The van der Waals surface area contributed by atoms with Crippen molar-refractivity contribution in [2.45, 2.75) is 33.0 Å². The number of hydrogen-bond donors (Lipinski definition) is 0. The summed E-state index contributed by atoms with van der Waals surface area (Å²) in [5.74, 6) is 0.174. The van der Waals surface area contributed by atoms with E-state index < -0.39 is 5.60 Å². The molecule has 0 radical (unpaired) electrons. The van der Waals surface area contributed by atoms with Gasteiger partial charge in [-0.05, 0) is 67.1 Å². The fourth-order valence-electron chi connectivity index (χ4n) is 1.86. The van der Waals surface area contributed by atoms with Gasteiger partial charge in [0.2, 0.25) is 0 Å². The first kappa shape index (κ1) is 16.8. The second kappa shape index (κ2) is 7.13. The maximum atomic E-state index is 12.3. The Morgan fingerprint density at radius 1 is 1.09 bits per heavy atom. The summed E-state index contributed by atoms with van der Waals surface area (Å²) in [4.78, 5) is 12.3. The molecule has 2 rings (SSSR count). The molecule has 0 unspecified atom stereocenters. The lowest BCUT2D eigenvalue weighted by Crippen LogP contribution is -2.24. The van der Waals surface area contributed by atoms with Gasteiger partial charge in [-0.2, -0.15) is 0 Å². The van der Waals surface area contributed by atoms with Gasteiger partial charge in [0.05, 0.1) is 0 Å². The van der Waals surface area contributed by atoms with Crippen LogP contribution in [-0.4, -0.2) is 11.6 Å². The number of rotatable bonds is 4. The van der Waals surface area contributed by atoms with Gasteiger partial charge in [0.25, 0.3) is 0 Å². The second-order valence-electron chi connectivity index (χ2n) is 5.92. The maximum Gasteiger partial charge on any atom is 0.342 e. The zero-order valence-corrected chi connectivity index (χ0v) is 15.1. The maximum absolute atomic E-state index is 12.3. The van der Waals surface area contributed by atoms with Crippen molar-refractivity contribution >= 4 is 28.6 Å². The molecule has 2 aromatic carbocycles. The number of carbonyl (C=O) groups excluding carboxylic acids is 1. The molecular weight excluding hydrogens is 391 g/mol. The second-order valence-corrected chi connectivity index (χ2v) is 7.16. The molecule has 0 heterocycles. The van der Waals surface area contributed by atoms with Gasteiger partial charge in [0.15, 0.2) is 0 Å². The van der Waals surface area contributed by atoms with E-state index in [0.29, 0.717) is 17.9 Å². The quantitative estimate of drug-likeness (QED) is 0.535. The van der Waals surface area contributed by atoms with Gasteiger partial charge < -0.3 is 9.47 Å². The molecule has 3 nitrogen and oxygen atoms in total. The van der Waals surface area contributed by atoms with Crippen LogP contribution in [0.4, 0.5) is 0 Å². The van der Waals surface area contributed by atoms with Crippen LogP contribution in [0.25, 0.3) is 0 Å². The van der Waals surface area contributed by atoms with Gasteiger partial charge in [-0.1, -0.05) is 30.3 Å². The Hall–Kier alpha value is -1.56. The highest BCUT2D eigenvalue weighted by atomic mass is 127. The topological polar surface area (TPSA) is 35.5 Å². The number of ether oxygens (including phenoxy) is 2. The van der Waals surface area contributed by atoms with E-state index >= 15 is 0 Å². The van der Waals surface area contributed by atoms with Crippen LogP contribution in [0.5, 0.6) is 5.75 Å². The molecule has 0 bridgehead atoms. The van der Waals surface area contributed by atoms with Crippen molar-refractivity contribution in [3.05, 3.63) is 63.2 Å². The Morgan fingerprint density at radius 2 is 1.77 bits per heavy atom. The SMILES string of the molecule is CC(C)(C)OC(=O)c1cc(I)ccc1OCc1ccccc1. The first-order chi connectivity index (χ1) is 10.3. The fraction of sp³-hybridized carbons (Fsp3) is 0.278. The van der Waals surface area contributed by atoms with Crippen molar-refractivity contribution in [2.75, 3.05) is 0 Å². The molecule has 0 amide bonds. The van der Waals surface area contributed by atoms with Crippen LogP contribution in [0, 0.1) is 3.57 Å². The fourth-order valence-corrected chi connectivity index (χ4v) is 2.35. The number of esters is 1. The summed E-state index contributed by atoms with van der Waals surface area (Å²) in [6.07, 6.45) is 0. The van der Waals surface area contributed by atoms with E-state index in [1.165, 1.54) is 0 Å². The molecule has 0 aliphatic heterocycles. The normalized spacial score (nSPS) is 11.1. The lowest BCUT2D eigenvalue weighted by Gasteiger charge is -2.20. The van der Waals surface area contributed by atoms with E-state index in [-0.39, 0.29) is 5.97 Å². The molecular formula is C18H19IO3. The molecule has 0 atom stereocenters. The summed E-state index contributed by atoms with van der Waals surface area (Å²) < 4.78 is 12.2. The lowest BCUT2D eigenvalue weighted by atomic mass is 10.1. The Morgan fingerprint density at radius 3 is 2.41 bits per heavy atom. The van der Waals surface area contributed by atoms with E-state index in [0.717, 1.165) is 9.13 Å². The number of benzene rings is 2. The number of hydrogen-bond acceptors (Lipinski definition) is 3. The van der Waals surface area contributed by atoms with Gasteiger partial charge >= 0.3 is 5.97 Å². The highest BCUT2D eigenvalue weighted by Gasteiger charge is 2.21. The third-order valence-corrected chi connectivity index (χ3v) is 3.47. The molecule has 0 aliphatic rings. The third kappa shape index (κ3) is 5.02. The monoisotopic (exact) mass is 410 g/mol. The predicted octanol–water partition coefficient (Wildman–Crippen LogP) is 4.83. The van der Waals surface area contributed by atoms with Crippen LogP contribution in [0.2, 0.25) is 0 Å². The molecule has 0 saturated carbocycles. The van der Waals surface area contributed by atoms with Crippen molar-refractivity contribution in [1.82, 2.24) is 0 Å². The highest BCUT2D eigenvalue weighted by molar-refractivity contribution is 14.1. The predicted molar refractivity (Wildman–Crippen MR) is 95.1 cm³/mol. The molecule has 2 aromatic rings. The average molecular weight is 410 g/mol. The largest absolute Gasteiger partial charge is 0.488 e. The standard InChI is InChI=1S/C18H19IO3/c1-18(2,3)22-17(20)15-11-14(19)9-10-16(15)21-12-13-7-5-4-6-8-13/h4-11H,12H2,1-3H3. The van der Waals surface area contributed by atoms with Crippen molar-refractivity contribution in [3.63, 3.8) is 0 Å². The summed E-state index contributed by atoms with van der Waals surface area (Å²) >= 11 is 2.17. The minimum absolute atomic E-state index is 0.367. The summed E-state index contributed by atoms with van der Waals surface area (Å²) in [5, 5.41) is 0. The lowest BCUT2D eigenvalue weighted by molar-refractivity contribution is 0.00654. The van der Waals surface area contributed by atoms with Gasteiger partial charge in [-0.25, -0.2) is 4.79 Å². The Labute approximate surface area is 144 Å². The van der Waals surface area contributed by atoms with E-state index in [1.807, 2.05) is 63.2 Å². The molecule has 0 fully saturated rings. The van der Waals surface area contributed by atoms with Crippen molar-refractivity contribution in [1.29, 1.82) is 0 Å². The van der Waals surface area contributed by atoms with Crippen LogP contribution in [0.3, 0.4) is 0 Å². The van der Waals surface area contributed by atoms with Crippen LogP contribution < -0.4 is 4.74 Å². The summed E-state index contributed by atoms with van der Waals surface area (Å²) in [6.45, 7) is 5.97. The summed E-state index contributed by atoms with van der Waals surface area (Å²) in [5.41, 5.74) is 0.976. The average Bonchev–Trinajstić information content (AvgIpc) is 2.45. The number of halogens is 1. The first-order valence-corrected chi connectivity index (χ1v) is 8.13. The molecule has 0 N–H and O–H groups in total. The molecule has 22 heavy (non-hydrogen) atoms. The zero-order chi connectivity index (χ0) is 16.2. The Kier molecular flexibility index (Phi) is 5.45. The van der Waals surface area contributed by atoms with E-state index in [1.54, 1.807) is 6.07 Å². The Balaban J connectivity index is 2.19. The molecule has 4 heteroatoms. The zero-order valence-electron chi connectivity index (χ0n) is 12.9. The summed E-state index contributed by atoms with van der Waals surface area (Å²) in [6, 6.07) is 15.4. The highest BCUT2D eigenvalue weighted by Crippen LogP contribution is 2.25. The van der Waals surface area contributed by atoms with Gasteiger partial charge in [-0.15, -0.1) is 0 Å². The smallest absolute Gasteiger partial charge is 0.342 e. The Bertz CT molecular complexity index is 645. The molecule has 0 saturated heterocycles. The van der Waals surface area contributed by atoms with Crippen LogP contribution >= 0.6 is 22.6 Å². The van der Waals surface area contributed by atoms with Crippen LogP contribution in [0.15, 0.2) is 48.5 Å². The van der Waals surface area contributed by atoms with Crippen molar-refractivity contribution in [2.24, 2.45) is 0 Å². The van der Waals surface area contributed by atoms with Crippen molar-refractivity contribution < 1.29 is 14.3 Å². The van der Waals surface area contributed by atoms with Crippen LogP contribution in [0.1, 0.15) is 36.7 Å².